The van der Waals surface area contributed by atoms with Crippen LogP contribution in [-0.4, -0.2) is 41.3 Å². The Morgan fingerprint density at radius 2 is 2.07 bits per heavy atom. The van der Waals surface area contributed by atoms with E-state index in [9.17, 15) is 14.7 Å². The number of hydrogen-bond acceptors (Lipinski definition) is 5. The highest BCUT2D eigenvalue weighted by atomic mass is 16.6. The number of esters is 1. The van der Waals surface area contributed by atoms with E-state index < -0.39 is 17.0 Å². The summed E-state index contributed by atoms with van der Waals surface area (Å²) in [6.07, 6.45) is 8.75. The zero-order valence-electron chi connectivity index (χ0n) is 16.5. The van der Waals surface area contributed by atoms with Crippen LogP contribution < -0.4 is 0 Å². The van der Waals surface area contributed by atoms with E-state index in [1.807, 2.05) is 13.0 Å². The Hall–Kier alpha value is -1.46. The molecule has 0 bridgehead atoms. The number of epoxide rings is 1. The Kier molecular flexibility index (Phi) is 3.22. The van der Waals surface area contributed by atoms with Gasteiger partial charge >= 0.3 is 5.97 Å². The summed E-state index contributed by atoms with van der Waals surface area (Å²) in [6, 6.07) is 0. The summed E-state index contributed by atoms with van der Waals surface area (Å²) in [5.74, 6) is -0.145. The first-order valence-corrected chi connectivity index (χ1v) is 10.1. The number of aliphatic hydroxyl groups is 1. The number of methoxy groups -OCH3 is 1. The summed E-state index contributed by atoms with van der Waals surface area (Å²) in [6.45, 7) is 6.22. The van der Waals surface area contributed by atoms with Crippen molar-refractivity contribution in [3.05, 3.63) is 23.8 Å². The van der Waals surface area contributed by atoms with E-state index in [1.54, 1.807) is 12.2 Å². The molecule has 0 aromatic rings. The molecule has 1 N–H and O–H groups in total. The second kappa shape index (κ2) is 4.93. The molecular weight excluding hydrogens is 344 g/mol. The van der Waals surface area contributed by atoms with Gasteiger partial charge in [-0.3, -0.25) is 4.79 Å². The maximum atomic E-state index is 12.6. The van der Waals surface area contributed by atoms with Crippen molar-refractivity contribution in [2.24, 2.45) is 28.6 Å². The molecular formula is C22H28O5. The van der Waals surface area contributed by atoms with Gasteiger partial charge in [-0.15, -0.1) is 0 Å². The maximum Gasteiger partial charge on any atom is 0.338 e. The molecule has 146 valence electrons. The Labute approximate surface area is 159 Å². The second-order valence-electron chi connectivity index (χ2n) is 9.78. The van der Waals surface area contributed by atoms with E-state index in [1.165, 1.54) is 12.7 Å². The number of carbonyl (C=O) groups is 2. The lowest BCUT2D eigenvalue weighted by molar-refractivity contribution is -0.187. The Morgan fingerprint density at radius 1 is 1.33 bits per heavy atom. The minimum absolute atomic E-state index is 0.00298. The van der Waals surface area contributed by atoms with Gasteiger partial charge in [-0.1, -0.05) is 25.5 Å². The molecule has 0 radical (unpaired) electrons. The molecule has 3 saturated carbocycles. The molecule has 1 spiro atoms. The SMILES string of the molecule is COC(=O)[C@@]1(O)[C@H](C)C[C@H]2[C@@H]3CCC4=CC(=O)C=C[C@]4(C)[C@@]34O[C@H]4C[C@@]21C. The van der Waals surface area contributed by atoms with Crippen LogP contribution in [0.3, 0.4) is 0 Å². The van der Waals surface area contributed by atoms with Crippen LogP contribution in [0.25, 0.3) is 0 Å². The van der Waals surface area contributed by atoms with Gasteiger partial charge in [0.25, 0.3) is 0 Å². The molecule has 5 heteroatoms. The molecule has 8 atom stereocenters. The lowest BCUT2D eigenvalue weighted by Gasteiger charge is -2.55. The molecule has 1 saturated heterocycles. The van der Waals surface area contributed by atoms with Gasteiger partial charge in [-0.05, 0) is 62.5 Å². The van der Waals surface area contributed by atoms with Crippen molar-refractivity contribution in [1.82, 2.24) is 0 Å². The highest BCUT2D eigenvalue weighted by Crippen LogP contribution is 2.76. The number of rotatable bonds is 1. The van der Waals surface area contributed by atoms with Gasteiger partial charge in [-0.2, -0.15) is 0 Å². The van der Waals surface area contributed by atoms with E-state index in [4.69, 9.17) is 9.47 Å². The fraction of sp³-hybridized carbons (Fsp3) is 0.727. The minimum atomic E-state index is -1.47. The molecule has 0 aromatic carbocycles. The highest BCUT2D eigenvalue weighted by molar-refractivity contribution is 6.01. The van der Waals surface area contributed by atoms with Crippen LogP contribution in [0.5, 0.6) is 0 Å². The predicted molar refractivity (Wildman–Crippen MR) is 97.6 cm³/mol. The number of allylic oxidation sites excluding steroid dienone is 2. The van der Waals surface area contributed by atoms with Crippen molar-refractivity contribution in [2.45, 2.75) is 63.8 Å². The van der Waals surface area contributed by atoms with E-state index in [0.717, 1.165) is 19.3 Å². The molecule has 27 heavy (non-hydrogen) atoms. The van der Waals surface area contributed by atoms with Crippen molar-refractivity contribution in [3.63, 3.8) is 0 Å². The van der Waals surface area contributed by atoms with Gasteiger partial charge in [0.2, 0.25) is 0 Å². The van der Waals surface area contributed by atoms with E-state index in [0.29, 0.717) is 6.42 Å². The van der Waals surface area contributed by atoms with Crippen LogP contribution in [0, 0.1) is 28.6 Å². The summed E-state index contributed by atoms with van der Waals surface area (Å²) in [5.41, 5.74) is -1.43. The van der Waals surface area contributed by atoms with Gasteiger partial charge < -0.3 is 14.6 Å². The quantitative estimate of drug-likeness (QED) is 0.566. The fourth-order valence-electron chi connectivity index (χ4n) is 7.57. The number of hydrogen-bond donors (Lipinski definition) is 1. The standard InChI is InChI=1S/C22H28O5/c1-12-9-16-15-6-5-13-10-14(23)7-8-19(13,2)22(15)17(27-22)11-20(16,3)21(12,25)18(24)26-4/h7-8,10,12,15-17,25H,5-6,9,11H2,1-4H3/t12-,15+,16+,17+,19+,20+,21+,22-/m1/s1. The Bertz CT molecular complexity index is 814. The van der Waals surface area contributed by atoms with Crippen molar-refractivity contribution in [3.8, 4) is 0 Å². The average molecular weight is 372 g/mol. The first-order valence-electron chi connectivity index (χ1n) is 10.1. The third-order valence-electron chi connectivity index (χ3n) is 9.01. The van der Waals surface area contributed by atoms with E-state index in [2.05, 4.69) is 13.8 Å². The normalized spacial score (nSPS) is 55.0. The first kappa shape index (κ1) is 17.6. The smallest absolute Gasteiger partial charge is 0.338 e. The van der Waals surface area contributed by atoms with Crippen LogP contribution in [0.15, 0.2) is 23.8 Å². The molecule has 5 rings (SSSR count). The van der Waals surface area contributed by atoms with Crippen LogP contribution in [0.4, 0.5) is 0 Å². The molecule has 4 fully saturated rings. The van der Waals surface area contributed by atoms with E-state index >= 15 is 0 Å². The van der Waals surface area contributed by atoms with Crippen molar-refractivity contribution >= 4 is 11.8 Å². The van der Waals surface area contributed by atoms with Crippen LogP contribution in [0.1, 0.15) is 46.5 Å². The van der Waals surface area contributed by atoms with Crippen molar-refractivity contribution in [1.29, 1.82) is 0 Å². The zero-order valence-corrected chi connectivity index (χ0v) is 16.5. The van der Waals surface area contributed by atoms with Gasteiger partial charge in [0.05, 0.1) is 13.2 Å². The fourth-order valence-corrected chi connectivity index (χ4v) is 7.57. The summed E-state index contributed by atoms with van der Waals surface area (Å²) < 4.78 is 11.5. The molecule has 1 aliphatic heterocycles. The highest BCUT2D eigenvalue weighted by Gasteiger charge is 2.82. The van der Waals surface area contributed by atoms with Gasteiger partial charge in [-0.25, -0.2) is 4.79 Å². The molecule has 0 unspecified atom stereocenters. The number of fused-ring (bicyclic) bond motifs is 3. The number of ether oxygens (including phenoxy) is 2. The summed E-state index contributed by atoms with van der Waals surface area (Å²) in [5, 5.41) is 11.5. The lowest BCUT2D eigenvalue weighted by atomic mass is 9.47. The summed E-state index contributed by atoms with van der Waals surface area (Å²) >= 11 is 0. The second-order valence-corrected chi connectivity index (χ2v) is 9.78. The number of carbonyl (C=O) groups excluding carboxylic acids is 2. The third-order valence-corrected chi connectivity index (χ3v) is 9.01. The van der Waals surface area contributed by atoms with Crippen molar-refractivity contribution in [2.75, 3.05) is 7.11 Å². The minimum Gasteiger partial charge on any atom is -0.467 e. The van der Waals surface area contributed by atoms with E-state index in [-0.39, 0.29) is 40.7 Å². The van der Waals surface area contributed by atoms with Gasteiger partial charge in [0, 0.05) is 10.8 Å². The third kappa shape index (κ3) is 1.70. The largest absolute Gasteiger partial charge is 0.467 e. The first-order chi connectivity index (χ1) is 12.6. The summed E-state index contributed by atoms with van der Waals surface area (Å²) in [7, 11) is 1.35. The average Bonchev–Trinajstić information content (AvgIpc) is 3.31. The Balaban J connectivity index is 1.60. The monoisotopic (exact) mass is 372 g/mol. The van der Waals surface area contributed by atoms with Gasteiger partial charge in [0.1, 0.15) is 5.60 Å². The summed E-state index contributed by atoms with van der Waals surface area (Å²) in [4.78, 5) is 24.6. The van der Waals surface area contributed by atoms with Crippen LogP contribution in [0.2, 0.25) is 0 Å². The maximum absolute atomic E-state index is 12.6. The topological polar surface area (TPSA) is 76.1 Å². The molecule has 5 nitrogen and oxygen atoms in total. The molecule has 1 heterocycles. The predicted octanol–water partition coefficient (Wildman–Crippen LogP) is 2.58. The Morgan fingerprint density at radius 3 is 2.78 bits per heavy atom. The van der Waals surface area contributed by atoms with Crippen LogP contribution >= 0.6 is 0 Å². The molecule has 0 amide bonds. The molecule has 5 aliphatic rings. The number of ketones is 1. The van der Waals surface area contributed by atoms with Crippen LogP contribution in [-0.2, 0) is 19.1 Å². The zero-order chi connectivity index (χ0) is 19.4. The van der Waals surface area contributed by atoms with Gasteiger partial charge in [0.15, 0.2) is 11.4 Å². The molecule has 4 aliphatic carbocycles. The lowest BCUT2D eigenvalue weighted by Crippen LogP contribution is -2.62. The molecule has 0 aromatic heterocycles. The van der Waals surface area contributed by atoms with Crippen molar-refractivity contribution < 1.29 is 24.2 Å².